The van der Waals surface area contributed by atoms with E-state index in [1.807, 2.05) is 24.3 Å². The van der Waals surface area contributed by atoms with Crippen LogP contribution in [0.25, 0.3) is 10.1 Å². The minimum Gasteiger partial charge on any atom is -0.394 e. The van der Waals surface area contributed by atoms with Gasteiger partial charge in [-0.05, 0) is 6.07 Å². The summed E-state index contributed by atoms with van der Waals surface area (Å²) >= 11 is 7.58. The lowest BCUT2D eigenvalue weighted by Gasteiger charge is -2.04. The van der Waals surface area contributed by atoms with Gasteiger partial charge in [-0.15, -0.1) is 11.3 Å². The average Bonchev–Trinajstić information content (AvgIpc) is 2.76. The summed E-state index contributed by atoms with van der Waals surface area (Å²) in [6, 6.07) is 7.65. The first-order chi connectivity index (χ1) is 9.24. The number of aliphatic hydroxyl groups is 1. The van der Waals surface area contributed by atoms with Crippen LogP contribution in [0, 0.1) is 0 Å². The molecule has 102 valence electrons. The van der Waals surface area contributed by atoms with Crippen molar-refractivity contribution in [2.24, 2.45) is 0 Å². The van der Waals surface area contributed by atoms with Gasteiger partial charge in [0.15, 0.2) is 0 Å². The molecule has 0 unspecified atom stereocenters. The minimum atomic E-state index is -0.196. The van der Waals surface area contributed by atoms with Crippen molar-refractivity contribution in [1.82, 2.24) is 5.32 Å². The van der Waals surface area contributed by atoms with Gasteiger partial charge in [-0.2, -0.15) is 0 Å². The number of fused-ring (bicyclic) bond motifs is 1. The van der Waals surface area contributed by atoms with Gasteiger partial charge in [0.05, 0.1) is 24.8 Å². The molecule has 0 aliphatic carbocycles. The molecule has 0 spiro atoms. The second-order valence-corrected chi connectivity index (χ2v) is 5.26. The van der Waals surface area contributed by atoms with Gasteiger partial charge in [0.1, 0.15) is 4.88 Å². The van der Waals surface area contributed by atoms with Crippen LogP contribution in [-0.4, -0.2) is 37.4 Å². The third-order valence-corrected chi connectivity index (χ3v) is 4.18. The van der Waals surface area contributed by atoms with Gasteiger partial charge in [0, 0.05) is 16.6 Å². The number of carbonyl (C=O) groups excluding carboxylic acids is 1. The highest BCUT2D eigenvalue weighted by Crippen LogP contribution is 2.34. The van der Waals surface area contributed by atoms with E-state index in [1.54, 1.807) is 0 Å². The fourth-order valence-corrected chi connectivity index (χ4v) is 3.08. The lowest BCUT2D eigenvalue weighted by molar-refractivity contribution is 0.0840. The van der Waals surface area contributed by atoms with Crippen LogP contribution >= 0.6 is 22.9 Å². The molecule has 4 nitrogen and oxygen atoms in total. The molecule has 0 saturated carbocycles. The summed E-state index contributed by atoms with van der Waals surface area (Å²) in [7, 11) is 0. The Kier molecular flexibility index (Phi) is 5.15. The maximum Gasteiger partial charge on any atom is 0.263 e. The zero-order chi connectivity index (χ0) is 13.7. The first-order valence-corrected chi connectivity index (χ1v) is 7.07. The molecule has 0 aliphatic rings. The van der Waals surface area contributed by atoms with Gasteiger partial charge in [-0.1, -0.05) is 29.8 Å². The van der Waals surface area contributed by atoms with Crippen LogP contribution in [0.1, 0.15) is 9.67 Å². The van der Waals surface area contributed by atoms with Crippen LogP contribution in [-0.2, 0) is 4.74 Å². The Labute approximate surface area is 120 Å². The molecule has 0 fully saturated rings. The Morgan fingerprint density at radius 3 is 2.89 bits per heavy atom. The Balaban J connectivity index is 1.99. The molecule has 0 atom stereocenters. The van der Waals surface area contributed by atoms with Crippen molar-refractivity contribution < 1.29 is 14.6 Å². The zero-order valence-electron chi connectivity index (χ0n) is 10.2. The average molecular weight is 300 g/mol. The van der Waals surface area contributed by atoms with Crippen LogP contribution in [0.3, 0.4) is 0 Å². The number of hydrogen-bond acceptors (Lipinski definition) is 4. The van der Waals surface area contributed by atoms with E-state index in [2.05, 4.69) is 5.32 Å². The number of hydrogen-bond donors (Lipinski definition) is 2. The smallest absolute Gasteiger partial charge is 0.263 e. The van der Waals surface area contributed by atoms with Crippen molar-refractivity contribution in [3.8, 4) is 0 Å². The molecule has 19 heavy (non-hydrogen) atoms. The molecule has 1 aromatic heterocycles. The van der Waals surface area contributed by atoms with E-state index in [1.165, 1.54) is 11.3 Å². The second kappa shape index (κ2) is 6.86. The number of amides is 1. The maximum atomic E-state index is 12.0. The van der Waals surface area contributed by atoms with Crippen molar-refractivity contribution in [3.63, 3.8) is 0 Å². The van der Waals surface area contributed by atoms with E-state index in [4.69, 9.17) is 21.4 Å². The zero-order valence-corrected chi connectivity index (χ0v) is 11.8. The van der Waals surface area contributed by atoms with Gasteiger partial charge in [-0.3, -0.25) is 4.79 Å². The molecular weight excluding hydrogens is 286 g/mol. The number of nitrogens with one attached hydrogen (secondary N) is 1. The van der Waals surface area contributed by atoms with E-state index in [9.17, 15) is 4.79 Å². The maximum absolute atomic E-state index is 12.0. The number of ether oxygens (including phenoxy) is 1. The molecule has 2 aromatic rings. The van der Waals surface area contributed by atoms with Crippen LogP contribution in [0.15, 0.2) is 24.3 Å². The molecule has 2 rings (SSSR count). The van der Waals surface area contributed by atoms with Gasteiger partial charge in [0.2, 0.25) is 0 Å². The molecule has 0 saturated heterocycles. The summed E-state index contributed by atoms with van der Waals surface area (Å²) in [6.07, 6.45) is 0. The number of thiophene rings is 1. The van der Waals surface area contributed by atoms with Crippen molar-refractivity contribution in [3.05, 3.63) is 34.2 Å². The number of halogens is 1. The van der Waals surface area contributed by atoms with Gasteiger partial charge >= 0.3 is 0 Å². The van der Waals surface area contributed by atoms with E-state index in [-0.39, 0.29) is 19.1 Å². The molecule has 6 heteroatoms. The molecular formula is C13H14ClNO3S. The molecule has 0 aliphatic heterocycles. The minimum absolute atomic E-state index is 0.0178. The van der Waals surface area contributed by atoms with Crippen LogP contribution in [0.5, 0.6) is 0 Å². The highest BCUT2D eigenvalue weighted by Gasteiger charge is 2.16. The fourth-order valence-electron chi connectivity index (χ4n) is 1.64. The lowest BCUT2D eigenvalue weighted by atomic mass is 10.2. The Hall–Kier alpha value is -1.14. The standard InChI is InChI=1S/C13H14ClNO3S/c14-11-9-3-1-2-4-10(9)19-12(11)13(17)15-5-7-18-8-6-16/h1-4,16H,5-8H2,(H,15,17). The third kappa shape index (κ3) is 3.45. The highest BCUT2D eigenvalue weighted by molar-refractivity contribution is 7.21. The Morgan fingerprint density at radius 2 is 2.16 bits per heavy atom. The molecule has 1 aromatic carbocycles. The monoisotopic (exact) mass is 299 g/mol. The molecule has 1 heterocycles. The van der Waals surface area contributed by atoms with E-state index in [0.29, 0.717) is 23.1 Å². The molecule has 2 N–H and O–H groups in total. The SMILES string of the molecule is O=C(NCCOCCO)c1sc2ccccc2c1Cl. The predicted octanol–water partition coefficient (Wildman–Crippen LogP) is 2.29. The summed E-state index contributed by atoms with van der Waals surface area (Å²) in [5.41, 5.74) is 0. The summed E-state index contributed by atoms with van der Waals surface area (Å²) in [6.45, 7) is 1.02. The van der Waals surface area contributed by atoms with Crippen molar-refractivity contribution in [1.29, 1.82) is 0 Å². The number of rotatable bonds is 6. The normalized spacial score (nSPS) is 10.8. The van der Waals surface area contributed by atoms with E-state index >= 15 is 0 Å². The first-order valence-electron chi connectivity index (χ1n) is 5.88. The summed E-state index contributed by atoms with van der Waals surface area (Å²) < 4.78 is 6.06. The van der Waals surface area contributed by atoms with Gasteiger partial charge < -0.3 is 15.2 Å². The van der Waals surface area contributed by atoms with Crippen molar-refractivity contribution in [2.45, 2.75) is 0 Å². The van der Waals surface area contributed by atoms with E-state index < -0.39 is 0 Å². The number of benzene rings is 1. The quantitative estimate of drug-likeness (QED) is 0.805. The van der Waals surface area contributed by atoms with E-state index in [0.717, 1.165) is 10.1 Å². The van der Waals surface area contributed by atoms with Crippen molar-refractivity contribution >= 4 is 38.9 Å². The van der Waals surface area contributed by atoms with Crippen molar-refractivity contribution in [2.75, 3.05) is 26.4 Å². The largest absolute Gasteiger partial charge is 0.394 e. The van der Waals surface area contributed by atoms with Gasteiger partial charge in [0.25, 0.3) is 5.91 Å². The number of carbonyl (C=O) groups is 1. The summed E-state index contributed by atoms with van der Waals surface area (Å²) in [5.74, 6) is -0.196. The summed E-state index contributed by atoms with van der Waals surface area (Å²) in [5, 5.41) is 12.7. The summed E-state index contributed by atoms with van der Waals surface area (Å²) in [4.78, 5) is 12.5. The Bertz CT molecular complexity index is 570. The van der Waals surface area contributed by atoms with Gasteiger partial charge in [-0.25, -0.2) is 0 Å². The lowest BCUT2D eigenvalue weighted by Crippen LogP contribution is -2.27. The topological polar surface area (TPSA) is 58.6 Å². The first kappa shape index (κ1) is 14.3. The van der Waals surface area contributed by atoms with Crippen LogP contribution < -0.4 is 5.32 Å². The van der Waals surface area contributed by atoms with Crippen LogP contribution in [0.2, 0.25) is 5.02 Å². The predicted molar refractivity (Wildman–Crippen MR) is 77.1 cm³/mol. The van der Waals surface area contributed by atoms with Crippen LogP contribution in [0.4, 0.5) is 0 Å². The molecule has 0 bridgehead atoms. The second-order valence-electron chi connectivity index (χ2n) is 3.83. The highest BCUT2D eigenvalue weighted by atomic mass is 35.5. The fraction of sp³-hybridized carbons (Fsp3) is 0.308. The Morgan fingerprint density at radius 1 is 1.37 bits per heavy atom. The number of aliphatic hydroxyl groups excluding tert-OH is 1. The molecule has 0 radical (unpaired) electrons. The molecule has 1 amide bonds. The third-order valence-electron chi connectivity index (χ3n) is 2.51.